The standard InChI is InChI=1S/C17H19N5O6S/c1-26-10-6-8-12-7-4-5-9-13(12)21-29(24,25)22-17(23)20-16-18-14(27-2)11-15(19-16)28-3/h4-5,7,9,11,21H,10H2,1-3H3,(H2,18,19,20,22,23). The monoisotopic (exact) mass is 421 g/mol. The van der Waals surface area contributed by atoms with Crippen molar-refractivity contribution in [1.82, 2.24) is 14.7 Å². The fourth-order valence-electron chi connectivity index (χ4n) is 1.97. The van der Waals surface area contributed by atoms with Crippen molar-refractivity contribution in [1.29, 1.82) is 0 Å². The average molecular weight is 421 g/mol. The number of nitrogens with one attached hydrogen (secondary N) is 3. The van der Waals surface area contributed by atoms with Crippen LogP contribution in [0.5, 0.6) is 11.8 Å². The predicted octanol–water partition coefficient (Wildman–Crippen LogP) is 0.970. The molecule has 2 amide bonds. The van der Waals surface area contributed by atoms with Gasteiger partial charge in [-0.25, -0.2) is 9.52 Å². The van der Waals surface area contributed by atoms with Crippen LogP contribution in [0.4, 0.5) is 16.4 Å². The molecule has 2 rings (SSSR count). The van der Waals surface area contributed by atoms with Crippen LogP contribution in [0.1, 0.15) is 5.56 Å². The molecule has 1 aromatic carbocycles. The van der Waals surface area contributed by atoms with E-state index in [1.54, 1.807) is 22.9 Å². The number of amides is 2. The Morgan fingerprint density at radius 3 is 2.38 bits per heavy atom. The van der Waals surface area contributed by atoms with Crippen molar-refractivity contribution in [3.05, 3.63) is 35.9 Å². The number of hydrogen-bond donors (Lipinski definition) is 3. The molecule has 2 aromatic rings. The highest BCUT2D eigenvalue weighted by Gasteiger charge is 2.17. The molecule has 0 radical (unpaired) electrons. The lowest BCUT2D eigenvalue weighted by molar-refractivity contribution is 0.240. The second-order valence-corrected chi connectivity index (χ2v) is 6.63. The third-order valence-electron chi connectivity index (χ3n) is 3.16. The Labute approximate surface area is 168 Å². The quantitative estimate of drug-likeness (QED) is 0.562. The molecule has 29 heavy (non-hydrogen) atoms. The topological polar surface area (TPSA) is 141 Å². The highest BCUT2D eigenvalue weighted by atomic mass is 32.2. The van der Waals surface area contributed by atoms with Crippen molar-refractivity contribution in [2.24, 2.45) is 0 Å². The van der Waals surface area contributed by atoms with Crippen LogP contribution in [0, 0.1) is 11.8 Å². The van der Waals surface area contributed by atoms with Gasteiger partial charge >= 0.3 is 16.2 Å². The molecule has 1 heterocycles. The van der Waals surface area contributed by atoms with Crippen LogP contribution in [0.3, 0.4) is 0 Å². The molecule has 3 N–H and O–H groups in total. The Balaban J connectivity index is 2.10. The molecule has 0 saturated heterocycles. The number of nitrogens with zero attached hydrogens (tertiary/aromatic N) is 2. The third-order valence-corrected chi connectivity index (χ3v) is 4.10. The Morgan fingerprint density at radius 2 is 1.76 bits per heavy atom. The zero-order valence-electron chi connectivity index (χ0n) is 15.8. The first-order valence-electron chi connectivity index (χ1n) is 8.02. The van der Waals surface area contributed by atoms with E-state index >= 15 is 0 Å². The van der Waals surface area contributed by atoms with E-state index in [0.29, 0.717) is 5.56 Å². The minimum Gasteiger partial charge on any atom is -0.481 e. The van der Waals surface area contributed by atoms with E-state index in [1.807, 2.05) is 0 Å². The molecule has 0 spiro atoms. The number of ether oxygens (including phenoxy) is 3. The summed E-state index contributed by atoms with van der Waals surface area (Å²) in [6.07, 6.45) is 0. The maximum Gasteiger partial charge on any atom is 0.336 e. The van der Waals surface area contributed by atoms with Crippen molar-refractivity contribution in [2.45, 2.75) is 0 Å². The summed E-state index contributed by atoms with van der Waals surface area (Å²) in [6, 6.07) is 6.75. The molecule has 1 aromatic heterocycles. The first-order chi connectivity index (χ1) is 13.9. The number of urea groups is 1. The number of aromatic nitrogens is 2. The van der Waals surface area contributed by atoms with Gasteiger partial charge in [-0.1, -0.05) is 24.0 Å². The van der Waals surface area contributed by atoms with Crippen molar-refractivity contribution < 1.29 is 27.4 Å². The lowest BCUT2D eigenvalue weighted by atomic mass is 10.2. The molecule has 0 saturated carbocycles. The van der Waals surface area contributed by atoms with Gasteiger partial charge in [-0.05, 0) is 12.1 Å². The molecule has 0 fully saturated rings. The van der Waals surface area contributed by atoms with Crippen LogP contribution < -0.4 is 24.2 Å². The van der Waals surface area contributed by atoms with Gasteiger partial charge in [0.1, 0.15) is 6.61 Å². The number of anilines is 2. The van der Waals surface area contributed by atoms with Gasteiger partial charge in [0.05, 0.1) is 26.0 Å². The summed E-state index contributed by atoms with van der Waals surface area (Å²) >= 11 is 0. The van der Waals surface area contributed by atoms with E-state index in [1.165, 1.54) is 33.5 Å². The SMILES string of the molecule is COCC#Cc1ccccc1NS(=O)(=O)NC(=O)Nc1nc(OC)cc(OC)n1. The maximum absolute atomic E-state index is 12.3. The van der Waals surface area contributed by atoms with Gasteiger partial charge in [0.25, 0.3) is 0 Å². The van der Waals surface area contributed by atoms with Gasteiger partial charge in [-0.15, -0.1) is 0 Å². The minimum absolute atomic E-state index is 0.122. The van der Waals surface area contributed by atoms with E-state index in [0.717, 1.165) is 0 Å². The zero-order chi connectivity index (χ0) is 21.3. The highest BCUT2D eigenvalue weighted by molar-refractivity contribution is 7.91. The average Bonchev–Trinajstić information content (AvgIpc) is 2.68. The lowest BCUT2D eigenvalue weighted by Gasteiger charge is -2.11. The Hall–Kier alpha value is -3.56. The lowest BCUT2D eigenvalue weighted by Crippen LogP contribution is -2.38. The van der Waals surface area contributed by atoms with Crippen molar-refractivity contribution in [2.75, 3.05) is 38.0 Å². The molecule has 154 valence electrons. The number of carbonyl (C=O) groups excluding carboxylic acids is 1. The first kappa shape index (κ1) is 21.7. The molecule has 0 atom stereocenters. The Morgan fingerprint density at radius 1 is 1.10 bits per heavy atom. The van der Waals surface area contributed by atoms with Crippen LogP contribution in [0.25, 0.3) is 0 Å². The van der Waals surface area contributed by atoms with Gasteiger partial charge < -0.3 is 14.2 Å². The molecule has 0 aliphatic rings. The fourth-order valence-corrected chi connectivity index (χ4v) is 2.79. The number of benzene rings is 1. The summed E-state index contributed by atoms with van der Waals surface area (Å²) in [4.78, 5) is 19.8. The van der Waals surface area contributed by atoms with E-state index < -0.39 is 16.2 Å². The smallest absolute Gasteiger partial charge is 0.336 e. The predicted molar refractivity (Wildman–Crippen MR) is 105 cm³/mol. The van der Waals surface area contributed by atoms with Gasteiger partial charge in [-0.3, -0.25) is 10.0 Å². The van der Waals surface area contributed by atoms with Gasteiger partial charge in [0, 0.05) is 12.7 Å². The molecular weight excluding hydrogens is 402 g/mol. The molecule has 11 nitrogen and oxygen atoms in total. The summed E-state index contributed by atoms with van der Waals surface area (Å²) in [5.41, 5.74) is 0.604. The van der Waals surface area contributed by atoms with Crippen molar-refractivity contribution in [3.63, 3.8) is 0 Å². The van der Waals surface area contributed by atoms with Gasteiger partial charge in [-0.2, -0.15) is 18.4 Å². The minimum atomic E-state index is -4.27. The Bertz CT molecular complexity index is 1010. The maximum atomic E-state index is 12.3. The van der Waals surface area contributed by atoms with Crippen LogP contribution in [-0.4, -0.2) is 52.4 Å². The first-order valence-corrected chi connectivity index (χ1v) is 9.50. The number of methoxy groups -OCH3 is 3. The summed E-state index contributed by atoms with van der Waals surface area (Å²) in [6.45, 7) is 0.186. The molecular formula is C17H19N5O6S. The fraction of sp³-hybridized carbons (Fsp3) is 0.235. The largest absolute Gasteiger partial charge is 0.481 e. The summed E-state index contributed by atoms with van der Waals surface area (Å²) < 4.78 is 43.4. The van der Waals surface area contributed by atoms with Crippen LogP contribution in [0.15, 0.2) is 30.3 Å². The molecule has 12 heteroatoms. The number of para-hydroxylation sites is 1. The van der Waals surface area contributed by atoms with Gasteiger partial charge in [0.15, 0.2) is 0 Å². The highest BCUT2D eigenvalue weighted by Crippen LogP contribution is 2.17. The van der Waals surface area contributed by atoms with Gasteiger partial charge in [0.2, 0.25) is 17.7 Å². The number of carbonyl (C=O) groups is 1. The van der Waals surface area contributed by atoms with Crippen LogP contribution in [0.2, 0.25) is 0 Å². The summed E-state index contributed by atoms with van der Waals surface area (Å²) in [5, 5.41) is 2.19. The summed E-state index contributed by atoms with van der Waals surface area (Å²) in [5.74, 6) is 5.54. The van der Waals surface area contributed by atoms with E-state index in [-0.39, 0.29) is 30.0 Å². The second kappa shape index (κ2) is 10.1. The second-order valence-electron chi connectivity index (χ2n) is 5.22. The third kappa shape index (κ3) is 6.83. The molecule has 0 aliphatic carbocycles. The number of hydrogen-bond acceptors (Lipinski definition) is 8. The summed E-state index contributed by atoms with van der Waals surface area (Å²) in [7, 11) is -0.0380. The zero-order valence-corrected chi connectivity index (χ0v) is 16.7. The Kier molecular flexibility index (Phi) is 7.58. The molecule has 0 bridgehead atoms. The normalized spacial score (nSPS) is 10.3. The van der Waals surface area contributed by atoms with E-state index in [9.17, 15) is 13.2 Å². The van der Waals surface area contributed by atoms with Crippen LogP contribution in [-0.2, 0) is 14.9 Å². The van der Waals surface area contributed by atoms with Crippen molar-refractivity contribution >= 4 is 27.9 Å². The molecule has 0 unspecified atom stereocenters. The van der Waals surface area contributed by atoms with E-state index in [4.69, 9.17) is 14.2 Å². The number of rotatable bonds is 7. The van der Waals surface area contributed by atoms with E-state index in [2.05, 4.69) is 31.8 Å². The molecule has 0 aliphatic heterocycles. The van der Waals surface area contributed by atoms with Crippen molar-refractivity contribution in [3.8, 4) is 23.6 Å². The van der Waals surface area contributed by atoms with Crippen LogP contribution >= 0.6 is 0 Å².